The number of aryl methyl sites for hydroxylation is 3. The number of aliphatic imine (C=N–C) groups is 1. The summed E-state index contributed by atoms with van der Waals surface area (Å²) < 4.78 is 0. The SMILES string of the molecule is CN=C(NCCc1c(C)cc(C)cc1C)NC1CCN(C(=O)C2CCCC2)C1. The van der Waals surface area contributed by atoms with E-state index in [9.17, 15) is 4.79 Å². The van der Waals surface area contributed by atoms with E-state index >= 15 is 0 Å². The number of guanidine groups is 1. The van der Waals surface area contributed by atoms with E-state index in [4.69, 9.17) is 0 Å². The Balaban J connectivity index is 1.46. The second kappa shape index (κ2) is 9.44. The highest BCUT2D eigenvalue weighted by Crippen LogP contribution is 2.27. The minimum absolute atomic E-state index is 0.275. The molecule has 1 aromatic carbocycles. The second-order valence-corrected chi connectivity index (χ2v) is 8.52. The minimum atomic E-state index is 0.275. The molecule has 154 valence electrons. The molecule has 1 saturated heterocycles. The summed E-state index contributed by atoms with van der Waals surface area (Å²) in [6.07, 6.45) is 6.55. The predicted molar refractivity (Wildman–Crippen MR) is 116 cm³/mol. The smallest absolute Gasteiger partial charge is 0.225 e. The Bertz CT molecular complexity index is 698. The average molecular weight is 385 g/mol. The van der Waals surface area contributed by atoms with Crippen molar-refractivity contribution in [3.8, 4) is 0 Å². The topological polar surface area (TPSA) is 56.7 Å². The fourth-order valence-electron chi connectivity index (χ4n) is 4.81. The van der Waals surface area contributed by atoms with Crippen molar-refractivity contribution in [3.05, 3.63) is 34.4 Å². The number of nitrogens with one attached hydrogen (secondary N) is 2. The van der Waals surface area contributed by atoms with Crippen LogP contribution in [0.5, 0.6) is 0 Å². The molecule has 1 saturated carbocycles. The maximum atomic E-state index is 12.6. The highest BCUT2D eigenvalue weighted by molar-refractivity contribution is 5.81. The first-order valence-electron chi connectivity index (χ1n) is 10.8. The molecular weight excluding hydrogens is 348 g/mol. The van der Waals surface area contributed by atoms with Gasteiger partial charge in [0, 0.05) is 38.6 Å². The summed E-state index contributed by atoms with van der Waals surface area (Å²) in [5.41, 5.74) is 5.46. The van der Waals surface area contributed by atoms with Crippen LogP contribution in [0.15, 0.2) is 17.1 Å². The fourth-order valence-corrected chi connectivity index (χ4v) is 4.81. The third-order valence-corrected chi connectivity index (χ3v) is 6.28. The van der Waals surface area contributed by atoms with Gasteiger partial charge in [-0.05, 0) is 63.1 Å². The minimum Gasteiger partial charge on any atom is -0.356 e. The Labute approximate surface area is 170 Å². The number of carbonyl (C=O) groups is 1. The van der Waals surface area contributed by atoms with Gasteiger partial charge in [0.25, 0.3) is 0 Å². The number of hydrogen-bond donors (Lipinski definition) is 2. The Kier molecular flexibility index (Phi) is 6.97. The molecule has 0 spiro atoms. The van der Waals surface area contributed by atoms with Crippen molar-refractivity contribution in [2.24, 2.45) is 10.9 Å². The van der Waals surface area contributed by atoms with Gasteiger partial charge < -0.3 is 15.5 Å². The third kappa shape index (κ3) is 5.06. The second-order valence-electron chi connectivity index (χ2n) is 8.52. The van der Waals surface area contributed by atoms with Crippen molar-refractivity contribution < 1.29 is 4.79 Å². The maximum Gasteiger partial charge on any atom is 0.225 e. The molecule has 0 bridgehead atoms. The van der Waals surface area contributed by atoms with Gasteiger partial charge in [-0.1, -0.05) is 30.5 Å². The highest BCUT2D eigenvalue weighted by atomic mass is 16.2. The van der Waals surface area contributed by atoms with Gasteiger partial charge in [-0.15, -0.1) is 0 Å². The summed E-state index contributed by atoms with van der Waals surface area (Å²) >= 11 is 0. The largest absolute Gasteiger partial charge is 0.356 e. The molecule has 0 radical (unpaired) electrons. The van der Waals surface area contributed by atoms with E-state index in [0.717, 1.165) is 51.3 Å². The number of likely N-dealkylation sites (tertiary alicyclic amines) is 1. The zero-order chi connectivity index (χ0) is 20.1. The van der Waals surface area contributed by atoms with E-state index in [2.05, 4.69) is 53.4 Å². The van der Waals surface area contributed by atoms with Crippen LogP contribution >= 0.6 is 0 Å². The van der Waals surface area contributed by atoms with Crippen molar-refractivity contribution in [2.45, 2.75) is 65.3 Å². The van der Waals surface area contributed by atoms with E-state index < -0.39 is 0 Å². The average Bonchev–Trinajstić information content (AvgIpc) is 3.34. The number of rotatable bonds is 5. The quantitative estimate of drug-likeness (QED) is 0.606. The first-order chi connectivity index (χ1) is 13.5. The summed E-state index contributed by atoms with van der Waals surface area (Å²) in [5.74, 6) is 1.48. The first kappa shape index (κ1) is 20.7. The molecule has 2 fully saturated rings. The van der Waals surface area contributed by atoms with E-state index in [1.165, 1.54) is 35.1 Å². The van der Waals surface area contributed by atoms with Crippen LogP contribution in [0.2, 0.25) is 0 Å². The first-order valence-corrected chi connectivity index (χ1v) is 10.8. The van der Waals surface area contributed by atoms with Gasteiger partial charge in [-0.2, -0.15) is 0 Å². The summed E-state index contributed by atoms with van der Waals surface area (Å²) in [5, 5.41) is 6.96. The predicted octanol–water partition coefficient (Wildman–Crippen LogP) is 3.11. The summed E-state index contributed by atoms with van der Waals surface area (Å²) in [6, 6.07) is 4.80. The van der Waals surface area contributed by atoms with Gasteiger partial charge in [-0.3, -0.25) is 9.79 Å². The molecule has 5 heteroatoms. The molecule has 1 atom stereocenters. The van der Waals surface area contributed by atoms with Crippen molar-refractivity contribution in [2.75, 3.05) is 26.7 Å². The van der Waals surface area contributed by atoms with E-state index in [0.29, 0.717) is 11.9 Å². The number of benzene rings is 1. The van der Waals surface area contributed by atoms with Gasteiger partial charge in [0.1, 0.15) is 0 Å². The lowest BCUT2D eigenvalue weighted by atomic mass is 9.97. The molecule has 1 heterocycles. The molecule has 1 aliphatic carbocycles. The Morgan fingerprint density at radius 1 is 1.14 bits per heavy atom. The molecular formula is C23H36N4O. The summed E-state index contributed by atoms with van der Waals surface area (Å²) in [4.78, 5) is 19.1. The van der Waals surface area contributed by atoms with Gasteiger partial charge >= 0.3 is 0 Å². The van der Waals surface area contributed by atoms with Crippen LogP contribution in [0.25, 0.3) is 0 Å². The highest BCUT2D eigenvalue weighted by Gasteiger charge is 2.32. The van der Waals surface area contributed by atoms with Gasteiger partial charge in [-0.25, -0.2) is 0 Å². The summed E-state index contributed by atoms with van der Waals surface area (Å²) in [6.45, 7) is 9.05. The number of carbonyl (C=O) groups excluding carboxylic acids is 1. The van der Waals surface area contributed by atoms with Crippen molar-refractivity contribution in [1.82, 2.24) is 15.5 Å². The molecule has 3 rings (SSSR count). The fraction of sp³-hybridized carbons (Fsp3) is 0.652. The van der Waals surface area contributed by atoms with Crippen LogP contribution in [0.3, 0.4) is 0 Å². The molecule has 1 unspecified atom stereocenters. The molecule has 1 aliphatic heterocycles. The third-order valence-electron chi connectivity index (χ3n) is 6.28. The van der Waals surface area contributed by atoms with Crippen molar-refractivity contribution in [3.63, 3.8) is 0 Å². The maximum absolute atomic E-state index is 12.6. The van der Waals surface area contributed by atoms with Crippen LogP contribution < -0.4 is 10.6 Å². The lowest BCUT2D eigenvalue weighted by Crippen LogP contribution is -2.45. The standard InChI is InChI=1S/C23H36N4O/c1-16-13-17(2)21(18(3)14-16)9-11-25-23(24-4)26-20-10-12-27(15-20)22(28)19-7-5-6-8-19/h13-14,19-20H,5-12,15H2,1-4H3,(H2,24,25,26). The van der Waals surface area contributed by atoms with Crippen LogP contribution in [-0.2, 0) is 11.2 Å². The number of nitrogens with zero attached hydrogens (tertiary/aromatic N) is 2. The molecule has 2 aliphatic rings. The zero-order valence-electron chi connectivity index (χ0n) is 18.0. The molecule has 2 N–H and O–H groups in total. The van der Waals surface area contributed by atoms with Crippen LogP contribution in [-0.4, -0.2) is 49.5 Å². The number of amides is 1. The van der Waals surface area contributed by atoms with E-state index in [-0.39, 0.29) is 5.92 Å². The molecule has 5 nitrogen and oxygen atoms in total. The monoisotopic (exact) mass is 384 g/mol. The van der Waals surface area contributed by atoms with Crippen LogP contribution in [0.4, 0.5) is 0 Å². The van der Waals surface area contributed by atoms with Crippen LogP contribution in [0, 0.1) is 26.7 Å². The molecule has 1 amide bonds. The molecule has 28 heavy (non-hydrogen) atoms. The van der Waals surface area contributed by atoms with Crippen molar-refractivity contribution in [1.29, 1.82) is 0 Å². The van der Waals surface area contributed by atoms with Crippen LogP contribution in [0.1, 0.15) is 54.4 Å². The van der Waals surface area contributed by atoms with E-state index in [1.807, 2.05) is 7.05 Å². The molecule has 0 aromatic heterocycles. The Morgan fingerprint density at radius 2 is 1.82 bits per heavy atom. The lowest BCUT2D eigenvalue weighted by Gasteiger charge is -2.21. The zero-order valence-corrected chi connectivity index (χ0v) is 18.0. The van der Waals surface area contributed by atoms with Gasteiger partial charge in [0.15, 0.2) is 5.96 Å². The molecule has 1 aromatic rings. The Hall–Kier alpha value is -2.04. The summed E-state index contributed by atoms with van der Waals surface area (Å²) in [7, 11) is 1.81. The van der Waals surface area contributed by atoms with Crippen molar-refractivity contribution >= 4 is 11.9 Å². The Morgan fingerprint density at radius 3 is 2.46 bits per heavy atom. The lowest BCUT2D eigenvalue weighted by molar-refractivity contribution is -0.134. The van der Waals surface area contributed by atoms with E-state index in [1.54, 1.807) is 0 Å². The van der Waals surface area contributed by atoms with Gasteiger partial charge in [0.05, 0.1) is 0 Å². The number of hydrogen-bond acceptors (Lipinski definition) is 2. The van der Waals surface area contributed by atoms with Gasteiger partial charge in [0.2, 0.25) is 5.91 Å². The normalized spacial score (nSPS) is 20.6.